The number of nitrogens with zero attached hydrogens (tertiary/aromatic N) is 1. The summed E-state index contributed by atoms with van der Waals surface area (Å²) in [7, 11) is 1.37. The third-order valence-electron chi connectivity index (χ3n) is 3.60. The van der Waals surface area contributed by atoms with Gasteiger partial charge in [0.2, 0.25) is 5.91 Å². The molecular weight excluding hydrogens is 314 g/mol. The number of benzene rings is 1. The first kappa shape index (κ1) is 17.5. The fourth-order valence-corrected chi connectivity index (χ4v) is 2.26. The van der Waals surface area contributed by atoms with Crippen LogP contribution in [0.1, 0.15) is 30.1 Å². The molecule has 0 saturated carbocycles. The third kappa shape index (κ3) is 4.09. The van der Waals surface area contributed by atoms with E-state index >= 15 is 0 Å². The second-order valence-electron chi connectivity index (χ2n) is 5.31. The summed E-state index contributed by atoms with van der Waals surface area (Å²) in [5, 5.41) is 4.26. The van der Waals surface area contributed by atoms with Crippen LogP contribution in [0.2, 0.25) is 0 Å². The van der Waals surface area contributed by atoms with E-state index in [2.05, 4.69) is 5.32 Å². The van der Waals surface area contributed by atoms with Crippen LogP contribution in [-0.2, 0) is 14.3 Å². The molecule has 1 atom stereocenters. The van der Waals surface area contributed by atoms with Crippen LogP contribution in [0.3, 0.4) is 0 Å². The number of hydrogen-bond acceptors (Lipinski definition) is 5. The highest BCUT2D eigenvalue weighted by molar-refractivity contribution is 5.99. The minimum atomic E-state index is -1.12. The minimum absolute atomic E-state index is 0.0600. The number of nitrogens with one attached hydrogen (secondary N) is 2. The van der Waals surface area contributed by atoms with Crippen LogP contribution in [0.25, 0.3) is 0 Å². The Balaban J connectivity index is 1.96. The van der Waals surface area contributed by atoms with Crippen LogP contribution in [0.4, 0.5) is 10.5 Å². The molecule has 0 aliphatic carbocycles. The molecule has 2 rings (SSSR count). The second-order valence-corrected chi connectivity index (χ2v) is 5.31. The predicted molar refractivity (Wildman–Crippen MR) is 85.5 cm³/mol. The Morgan fingerprint density at radius 1 is 1.21 bits per heavy atom. The standard InChI is InChI=1S/C16H19N3O5/c1-10(14(21)18-16(23)17-2)24-15(22)11-5-7-12(8-6-11)19-9-3-4-13(19)20/h5-8,10H,3-4,9H2,1-2H3,(H2,17,18,21,23)/t10-/m1/s1. The number of esters is 1. The van der Waals surface area contributed by atoms with E-state index in [4.69, 9.17) is 4.74 Å². The van der Waals surface area contributed by atoms with Gasteiger partial charge in [-0.2, -0.15) is 0 Å². The zero-order chi connectivity index (χ0) is 17.7. The van der Waals surface area contributed by atoms with Crippen LogP contribution in [-0.4, -0.2) is 43.5 Å². The maximum Gasteiger partial charge on any atom is 0.338 e. The van der Waals surface area contributed by atoms with E-state index in [1.807, 2.05) is 5.32 Å². The monoisotopic (exact) mass is 333 g/mol. The topological polar surface area (TPSA) is 105 Å². The van der Waals surface area contributed by atoms with Crippen molar-refractivity contribution in [3.63, 3.8) is 0 Å². The third-order valence-corrected chi connectivity index (χ3v) is 3.60. The van der Waals surface area contributed by atoms with Gasteiger partial charge in [-0.1, -0.05) is 0 Å². The van der Waals surface area contributed by atoms with Crippen molar-refractivity contribution in [3.05, 3.63) is 29.8 Å². The number of rotatable bonds is 4. The molecule has 24 heavy (non-hydrogen) atoms. The summed E-state index contributed by atoms with van der Waals surface area (Å²) >= 11 is 0. The molecule has 4 amide bonds. The van der Waals surface area contributed by atoms with Crippen molar-refractivity contribution in [2.75, 3.05) is 18.5 Å². The van der Waals surface area contributed by atoms with E-state index in [1.54, 1.807) is 17.0 Å². The van der Waals surface area contributed by atoms with E-state index in [0.29, 0.717) is 13.0 Å². The molecule has 128 valence electrons. The van der Waals surface area contributed by atoms with Gasteiger partial charge in [-0.25, -0.2) is 9.59 Å². The average molecular weight is 333 g/mol. The summed E-state index contributed by atoms with van der Waals surface area (Å²) in [4.78, 5) is 48.1. The van der Waals surface area contributed by atoms with Crippen molar-refractivity contribution >= 4 is 29.5 Å². The van der Waals surface area contributed by atoms with Crippen molar-refractivity contribution in [2.45, 2.75) is 25.9 Å². The SMILES string of the molecule is CNC(=O)NC(=O)[C@@H](C)OC(=O)c1ccc(N2CCCC2=O)cc1. The quantitative estimate of drug-likeness (QED) is 0.794. The average Bonchev–Trinajstić information content (AvgIpc) is 3.00. The van der Waals surface area contributed by atoms with Crippen molar-refractivity contribution in [3.8, 4) is 0 Å². The summed E-state index contributed by atoms with van der Waals surface area (Å²) in [5.41, 5.74) is 0.976. The Kier molecular flexibility index (Phi) is 5.51. The van der Waals surface area contributed by atoms with Gasteiger partial charge in [0.05, 0.1) is 5.56 Å². The molecule has 1 heterocycles. The van der Waals surface area contributed by atoms with E-state index in [0.717, 1.165) is 12.1 Å². The number of carbonyl (C=O) groups excluding carboxylic acids is 4. The lowest BCUT2D eigenvalue weighted by Gasteiger charge is -2.16. The van der Waals surface area contributed by atoms with Gasteiger partial charge in [0.1, 0.15) is 0 Å². The fraction of sp³-hybridized carbons (Fsp3) is 0.375. The van der Waals surface area contributed by atoms with Crippen molar-refractivity contribution in [2.24, 2.45) is 0 Å². The lowest BCUT2D eigenvalue weighted by atomic mass is 10.2. The number of amides is 4. The minimum Gasteiger partial charge on any atom is -0.449 e. The highest BCUT2D eigenvalue weighted by atomic mass is 16.5. The van der Waals surface area contributed by atoms with Gasteiger partial charge in [-0.3, -0.25) is 14.9 Å². The van der Waals surface area contributed by atoms with Crippen LogP contribution < -0.4 is 15.5 Å². The smallest absolute Gasteiger partial charge is 0.338 e. The zero-order valence-electron chi connectivity index (χ0n) is 13.5. The normalized spacial score (nSPS) is 14.9. The molecule has 8 heteroatoms. The molecule has 0 bridgehead atoms. The van der Waals surface area contributed by atoms with E-state index in [9.17, 15) is 19.2 Å². The molecule has 1 aromatic carbocycles. The van der Waals surface area contributed by atoms with Gasteiger partial charge >= 0.3 is 12.0 Å². The van der Waals surface area contributed by atoms with Gasteiger partial charge in [0, 0.05) is 25.7 Å². The van der Waals surface area contributed by atoms with Crippen LogP contribution in [0.5, 0.6) is 0 Å². The highest BCUT2D eigenvalue weighted by Gasteiger charge is 2.23. The molecule has 0 aromatic heterocycles. The van der Waals surface area contributed by atoms with Gasteiger partial charge < -0.3 is 15.0 Å². The largest absolute Gasteiger partial charge is 0.449 e. The zero-order valence-corrected chi connectivity index (χ0v) is 13.5. The maximum absolute atomic E-state index is 12.0. The van der Waals surface area contributed by atoms with Crippen molar-refractivity contribution in [1.82, 2.24) is 10.6 Å². The Morgan fingerprint density at radius 3 is 2.42 bits per heavy atom. The molecule has 1 aromatic rings. The Bertz CT molecular complexity index is 656. The Labute approximate surface area is 139 Å². The Hall–Kier alpha value is -2.90. The Morgan fingerprint density at radius 2 is 1.88 bits per heavy atom. The second kappa shape index (κ2) is 7.58. The van der Waals surface area contributed by atoms with Crippen molar-refractivity contribution < 1.29 is 23.9 Å². The van der Waals surface area contributed by atoms with Crippen LogP contribution >= 0.6 is 0 Å². The first-order valence-electron chi connectivity index (χ1n) is 7.56. The molecule has 0 unspecified atom stereocenters. The van der Waals surface area contributed by atoms with Gasteiger partial charge in [-0.15, -0.1) is 0 Å². The molecular formula is C16H19N3O5. The molecule has 1 fully saturated rings. The molecule has 1 aliphatic rings. The van der Waals surface area contributed by atoms with Gasteiger partial charge in [0.15, 0.2) is 6.10 Å². The van der Waals surface area contributed by atoms with Gasteiger partial charge in [-0.05, 0) is 37.6 Å². The first-order valence-corrected chi connectivity index (χ1v) is 7.56. The summed E-state index contributed by atoms with van der Waals surface area (Å²) in [6.45, 7) is 2.03. The van der Waals surface area contributed by atoms with E-state index in [1.165, 1.54) is 26.1 Å². The van der Waals surface area contributed by atoms with E-state index in [-0.39, 0.29) is 11.5 Å². The van der Waals surface area contributed by atoms with Gasteiger partial charge in [0.25, 0.3) is 5.91 Å². The molecule has 0 spiro atoms. The van der Waals surface area contributed by atoms with Crippen LogP contribution in [0.15, 0.2) is 24.3 Å². The highest BCUT2D eigenvalue weighted by Crippen LogP contribution is 2.21. The maximum atomic E-state index is 12.0. The van der Waals surface area contributed by atoms with Crippen LogP contribution in [0, 0.1) is 0 Å². The number of anilines is 1. The molecule has 8 nitrogen and oxygen atoms in total. The number of hydrogen-bond donors (Lipinski definition) is 2. The number of carbonyl (C=O) groups is 4. The number of ether oxygens (including phenoxy) is 1. The number of imide groups is 1. The molecule has 0 radical (unpaired) electrons. The predicted octanol–water partition coefficient (Wildman–Crippen LogP) is 0.814. The molecule has 1 aliphatic heterocycles. The fourth-order valence-electron chi connectivity index (χ4n) is 2.26. The molecule has 2 N–H and O–H groups in total. The summed E-state index contributed by atoms with van der Waals surface area (Å²) in [6.07, 6.45) is 0.233. The summed E-state index contributed by atoms with van der Waals surface area (Å²) in [5.74, 6) is -1.35. The molecule has 1 saturated heterocycles. The first-order chi connectivity index (χ1) is 11.4. The number of urea groups is 1. The van der Waals surface area contributed by atoms with E-state index < -0.39 is 24.0 Å². The van der Waals surface area contributed by atoms with Crippen molar-refractivity contribution in [1.29, 1.82) is 0 Å². The lowest BCUT2D eigenvalue weighted by molar-refractivity contribution is -0.127. The lowest BCUT2D eigenvalue weighted by Crippen LogP contribution is -2.43. The summed E-state index contributed by atoms with van der Waals surface area (Å²) in [6, 6.07) is 5.71. The summed E-state index contributed by atoms with van der Waals surface area (Å²) < 4.78 is 5.02.